The maximum Gasteiger partial charge on any atom is 0.260 e. The third-order valence-corrected chi connectivity index (χ3v) is 8.09. The number of amides is 1. The van der Waals surface area contributed by atoms with Crippen LogP contribution in [0.4, 0.5) is 10.1 Å². The summed E-state index contributed by atoms with van der Waals surface area (Å²) in [5.74, 6) is 0.275. The highest BCUT2D eigenvalue weighted by molar-refractivity contribution is 14.1. The van der Waals surface area contributed by atoms with E-state index in [1.807, 2.05) is 36.4 Å². The number of carbonyl (C=O) groups excluding carboxylic acids is 1. The second-order valence-corrected chi connectivity index (χ2v) is 11.3. The SMILES string of the molecule is O=C1NC(Nc2ccccc2F)S/C1=C\c1cc(I)c(OCc2cccc3ccccc23)c(I)c1. The fourth-order valence-corrected chi connectivity index (χ4v) is 6.91. The van der Waals surface area contributed by atoms with Crippen LogP contribution in [0.2, 0.25) is 0 Å². The lowest BCUT2D eigenvalue weighted by Gasteiger charge is -2.13. The molecule has 1 atom stereocenters. The van der Waals surface area contributed by atoms with Crippen molar-refractivity contribution >= 4 is 85.4 Å². The van der Waals surface area contributed by atoms with Crippen LogP contribution in [0.25, 0.3) is 16.8 Å². The third kappa shape index (κ3) is 5.59. The number of thioether (sulfide) groups is 1. The minimum atomic E-state index is -0.438. The van der Waals surface area contributed by atoms with Gasteiger partial charge in [-0.1, -0.05) is 66.4 Å². The number of carbonyl (C=O) groups is 1. The molecule has 1 saturated heterocycles. The number of anilines is 1. The summed E-state index contributed by atoms with van der Waals surface area (Å²) in [6.45, 7) is 0.468. The smallest absolute Gasteiger partial charge is 0.260 e. The van der Waals surface area contributed by atoms with E-state index in [4.69, 9.17) is 4.74 Å². The summed E-state index contributed by atoms with van der Waals surface area (Å²) in [6, 6.07) is 24.9. The van der Waals surface area contributed by atoms with Crippen molar-refractivity contribution in [3.8, 4) is 5.75 Å². The Hall–Kier alpha value is -2.31. The highest BCUT2D eigenvalue weighted by Gasteiger charge is 2.27. The number of fused-ring (bicyclic) bond motifs is 1. The summed E-state index contributed by atoms with van der Waals surface area (Å²) in [7, 11) is 0. The highest BCUT2D eigenvalue weighted by Crippen LogP contribution is 2.34. The first-order valence-corrected chi connectivity index (χ1v) is 13.8. The summed E-state index contributed by atoms with van der Waals surface area (Å²) in [5, 5.41) is 8.24. The van der Waals surface area contributed by atoms with Crippen LogP contribution in [0.3, 0.4) is 0 Å². The zero-order chi connectivity index (χ0) is 24.4. The number of para-hydroxylation sites is 1. The summed E-state index contributed by atoms with van der Waals surface area (Å²) in [5.41, 5.74) is 1.95. The van der Waals surface area contributed by atoms with Crippen LogP contribution in [0.1, 0.15) is 11.1 Å². The van der Waals surface area contributed by atoms with E-state index in [-0.39, 0.29) is 11.7 Å². The van der Waals surface area contributed by atoms with Gasteiger partial charge in [-0.2, -0.15) is 0 Å². The van der Waals surface area contributed by atoms with Crippen LogP contribution in [0.15, 0.2) is 83.8 Å². The van der Waals surface area contributed by atoms with Crippen molar-refractivity contribution in [2.45, 2.75) is 12.1 Å². The Kier molecular flexibility index (Phi) is 7.49. The van der Waals surface area contributed by atoms with E-state index in [1.54, 1.807) is 18.2 Å². The van der Waals surface area contributed by atoms with Crippen molar-refractivity contribution in [2.24, 2.45) is 0 Å². The minimum Gasteiger partial charge on any atom is -0.487 e. The number of hydrogen-bond donors (Lipinski definition) is 2. The Morgan fingerprint density at radius 2 is 1.71 bits per heavy atom. The molecule has 35 heavy (non-hydrogen) atoms. The Balaban J connectivity index is 1.31. The Morgan fingerprint density at radius 1 is 1.00 bits per heavy atom. The molecular formula is C27H19FI2N2O2S. The third-order valence-electron chi connectivity index (χ3n) is 5.46. The van der Waals surface area contributed by atoms with Gasteiger partial charge in [0.05, 0.1) is 17.7 Å². The average Bonchev–Trinajstić information content (AvgIpc) is 3.18. The number of ether oxygens (including phenoxy) is 1. The number of halogens is 3. The van der Waals surface area contributed by atoms with Gasteiger partial charge in [-0.3, -0.25) is 4.79 Å². The van der Waals surface area contributed by atoms with Gasteiger partial charge in [0.15, 0.2) is 5.50 Å². The van der Waals surface area contributed by atoms with Crippen molar-refractivity contribution in [3.05, 3.63) is 108 Å². The summed E-state index contributed by atoms with van der Waals surface area (Å²) in [6.07, 6.45) is 1.85. The first kappa shape index (κ1) is 24.4. The van der Waals surface area contributed by atoms with Gasteiger partial charge in [0.25, 0.3) is 5.91 Å². The van der Waals surface area contributed by atoms with Crippen LogP contribution in [0.5, 0.6) is 5.75 Å². The predicted molar refractivity (Wildman–Crippen MR) is 158 cm³/mol. The molecule has 1 amide bonds. The molecule has 0 bridgehead atoms. The van der Waals surface area contributed by atoms with Gasteiger partial charge in [-0.15, -0.1) is 0 Å². The van der Waals surface area contributed by atoms with Crippen LogP contribution < -0.4 is 15.4 Å². The van der Waals surface area contributed by atoms with Crippen molar-refractivity contribution in [3.63, 3.8) is 0 Å². The molecule has 176 valence electrons. The van der Waals surface area contributed by atoms with E-state index in [9.17, 15) is 9.18 Å². The lowest BCUT2D eigenvalue weighted by molar-refractivity contribution is -0.116. The van der Waals surface area contributed by atoms with Gasteiger partial charge >= 0.3 is 0 Å². The molecule has 1 aliphatic heterocycles. The summed E-state index contributed by atoms with van der Waals surface area (Å²) < 4.78 is 22.1. The predicted octanol–water partition coefficient (Wildman–Crippen LogP) is 7.37. The second kappa shape index (κ2) is 10.8. The lowest BCUT2D eigenvalue weighted by Crippen LogP contribution is -2.31. The molecule has 4 aromatic carbocycles. The Labute approximate surface area is 234 Å². The number of rotatable bonds is 6. The maximum atomic E-state index is 13.9. The van der Waals surface area contributed by atoms with E-state index in [2.05, 4.69) is 80.1 Å². The molecule has 1 fully saturated rings. The van der Waals surface area contributed by atoms with Crippen molar-refractivity contribution in [1.29, 1.82) is 0 Å². The molecule has 1 unspecified atom stereocenters. The highest BCUT2D eigenvalue weighted by atomic mass is 127. The summed E-state index contributed by atoms with van der Waals surface area (Å²) >= 11 is 5.86. The molecule has 0 aliphatic carbocycles. The molecule has 0 saturated carbocycles. The molecule has 4 nitrogen and oxygen atoms in total. The standard InChI is InChI=1S/C27H19FI2N2O2S/c28-20-10-3-4-11-23(20)31-27-32-26(33)24(35-27)14-16-12-21(29)25(22(30)13-16)34-15-18-8-5-7-17-6-1-2-9-19(17)18/h1-14,27,31H,15H2,(H,32,33)/b24-14-. The topological polar surface area (TPSA) is 50.4 Å². The van der Waals surface area contributed by atoms with Crippen LogP contribution in [-0.4, -0.2) is 11.4 Å². The zero-order valence-electron chi connectivity index (χ0n) is 18.2. The normalized spacial score (nSPS) is 16.5. The lowest BCUT2D eigenvalue weighted by atomic mass is 10.1. The molecule has 4 aromatic rings. The molecule has 0 radical (unpaired) electrons. The van der Waals surface area contributed by atoms with Crippen molar-refractivity contribution in [2.75, 3.05) is 5.32 Å². The molecule has 8 heteroatoms. The number of hydrogen-bond acceptors (Lipinski definition) is 4. The Morgan fingerprint density at radius 3 is 2.51 bits per heavy atom. The molecule has 5 rings (SSSR count). The van der Waals surface area contributed by atoms with Crippen LogP contribution in [-0.2, 0) is 11.4 Å². The first-order chi connectivity index (χ1) is 17.0. The fourth-order valence-electron chi connectivity index (χ4n) is 3.81. The summed E-state index contributed by atoms with van der Waals surface area (Å²) in [4.78, 5) is 13.1. The van der Waals surface area contributed by atoms with Crippen molar-refractivity contribution < 1.29 is 13.9 Å². The van der Waals surface area contributed by atoms with Gasteiger partial charge in [0, 0.05) is 0 Å². The Bertz CT molecular complexity index is 1430. The van der Waals surface area contributed by atoms with E-state index >= 15 is 0 Å². The van der Waals surface area contributed by atoms with E-state index in [0.717, 1.165) is 24.0 Å². The largest absolute Gasteiger partial charge is 0.487 e. The van der Waals surface area contributed by atoms with Gasteiger partial charge in [0.1, 0.15) is 18.2 Å². The number of nitrogens with one attached hydrogen (secondary N) is 2. The van der Waals surface area contributed by atoms with Gasteiger partial charge in [0.2, 0.25) is 0 Å². The molecule has 0 aromatic heterocycles. The molecular weight excluding hydrogens is 689 g/mol. The van der Waals surface area contributed by atoms with Crippen molar-refractivity contribution in [1.82, 2.24) is 5.32 Å². The van der Waals surface area contributed by atoms with Crippen LogP contribution >= 0.6 is 56.9 Å². The first-order valence-electron chi connectivity index (χ1n) is 10.8. The second-order valence-electron chi connectivity index (χ2n) is 7.84. The van der Waals surface area contributed by atoms with Gasteiger partial charge in [-0.25, -0.2) is 4.39 Å². The van der Waals surface area contributed by atoms with E-state index in [0.29, 0.717) is 17.2 Å². The molecule has 1 aliphatic rings. The fraction of sp³-hybridized carbons (Fsp3) is 0.0741. The zero-order valence-corrected chi connectivity index (χ0v) is 23.4. The maximum absolute atomic E-state index is 13.9. The van der Waals surface area contributed by atoms with Gasteiger partial charge < -0.3 is 15.4 Å². The molecule has 2 N–H and O–H groups in total. The molecule has 1 heterocycles. The quantitative estimate of drug-likeness (QED) is 0.162. The van der Waals surface area contributed by atoms with Crippen LogP contribution in [0, 0.1) is 13.0 Å². The molecule has 0 spiro atoms. The average molecular weight is 708 g/mol. The number of benzene rings is 4. The minimum absolute atomic E-state index is 0.190. The van der Waals surface area contributed by atoms with E-state index < -0.39 is 5.50 Å². The van der Waals surface area contributed by atoms with Gasteiger partial charge in [-0.05, 0) is 97.4 Å². The van der Waals surface area contributed by atoms with E-state index in [1.165, 1.54) is 28.6 Å². The monoisotopic (exact) mass is 708 g/mol.